The number of aliphatic carboxylic acids is 1. The molecule has 0 aromatic heterocycles. The molecule has 8 heteroatoms. The number of carbonyl (C=O) groups is 1. The summed E-state index contributed by atoms with van der Waals surface area (Å²) in [7, 11) is 0. The van der Waals surface area contributed by atoms with E-state index in [9.17, 15) is 9.90 Å². The number of hydrogen-bond donors (Lipinski definition) is 1. The van der Waals surface area contributed by atoms with Crippen LogP contribution in [0.5, 0.6) is 0 Å². The Morgan fingerprint density at radius 1 is 1.18 bits per heavy atom. The summed E-state index contributed by atoms with van der Waals surface area (Å²) < 4.78 is 19.4. The van der Waals surface area contributed by atoms with Gasteiger partial charge in [-0.3, -0.25) is 4.79 Å². The van der Waals surface area contributed by atoms with Gasteiger partial charge < -0.3 is 19.3 Å². The van der Waals surface area contributed by atoms with E-state index in [2.05, 4.69) is 13.8 Å². The summed E-state index contributed by atoms with van der Waals surface area (Å²) in [5.41, 5.74) is 0.228. The summed E-state index contributed by atoms with van der Waals surface area (Å²) in [4.78, 5) is 23.4. The lowest BCUT2D eigenvalue weighted by atomic mass is 9.58. The standard InChI is InChI=1S/C25H33ClO7/c1-14-4-9-19-15(2)22(29-20(10-11-21(27)28)16-5-7-17(26)8-6-16)30-23-25(19)18(14)12-13-24(3,31-23)32-33-25/h5-8,14-15,18-20,22-23H,4,9-13H2,1-3H3,(H,27,28)/t14-,15-,18+,19?,20-,22+,23-,24+,25-/m1/s1. The third kappa shape index (κ3) is 4.11. The third-order valence-corrected chi connectivity index (χ3v) is 8.51. The first-order valence-electron chi connectivity index (χ1n) is 12.0. The summed E-state index contributed by atoms with van der Waals surface area (Å²) in [5, 5.41) is 9.90. The van der Waals surface area contributed by atoms with Gasteiger partial charge >= 0.3 is 5.97 Å². The fraction of sp³-hybridized carbons (Fsp3) is 0.720. The molecule has 7 nitrogen and oxygen atoms in total. The Bertz CT molecular complexity index is 878. The molecule has 33 heavy (non-hydrogen) atoms. The van der Waals surface area contributed by atoms with E-state index in [1.54, 1.807) is 12.1 Å². The van der Waals surface area contributed by atoms with Crippen LogP contribution >= 0.6 is 11.6 Å². The normalized spacial score (nSPS) is 42.9. The van der Waals surface area contributed by atoms with Crippen molar-refractivity contribution in [1.29, 1.82) is 0 Å². The zero-order valence-electron chi connectivity index (χ0n) is 19.4. The molecule has 0 radical (unpaired) electrons. The zero-order chi connectivity index (χ0) is 23.4. The number of fused-ring (bicyclic) bond motifs is 2. The van der Waals surface area contributed by atoms with Crippen molar-refractivity contribution in [3.63, 3.8) is 0 Å². The van der Waals surface area contributed by atoms with Crippen LogP contribution in [0.25, 0.3) is 0 Å². The lowest BCUT2D eigenvalue weighted by Crippen LogP contribution is -2.70. The Balaban J connectivity index is 1.43. The van der Waals surface area contributed by atoms with Crippen molar-refractivity contribution in [3.8, 4) is 0 Å². The Hall–Kier alpha value is -1.22. The van der Waals surface area contributed by atoms with Gasteiger partial charge in [-0.15, -0.1) is 0 Å². The molecule has 4 saturated heterocycles. The SMILES string of the molecule is C[C@@H]1CCC2[C@@H](C)[C@@H](O[C@H](CCC(=O)O)c3ccc(Cl)cc3)O[C@@H]3O[C@]4(C)CC[C@@H]1[C@@]23OO4. The van der Waals surface area contributed by atoms with Gasteiger partial charge in [0.25, 0.3) is 0 Å². The van der Waals surface area contributed by atoms with E-state index in [1.165, 1.54) is 0 Å². The van der Waals surface area contributed by atoms with Gasteiger partial charge in [0.1, 0.15) is 0 Å². The van der Waals surface area contributed by atoms with E-state index in [1.807, 2.05) is 19.1 Å². The van der Waals surface area contributed by atoms with Crippen LogP contribution in [0.1, 0.15) is 71.0 Å². The molecule has 4 heterocycles. The molecule has 5 fully saturated rings. The Kier molecular flexibility index (Phi) is 6.25. The van der Waals surface area contributed by atoms with Gasteiger partial charge in [0, 0.05) is 29.7 Å². The fourth-order valence-corrected chi connectivity index (χ4v) is 6.56. The molecule has 0 amide bonds. The van der Waals surface area contributed by atoms with Gasteiger partial charge in [-0.2, -0.15) is 0 Å². The summed E-state index contributed by atoms with van der Waals surface area (Å²) in [6, 6.07) is 7.34. The van der Waals surface area contributed by atoms with Crippen molar-refractivity contribution in [3.05, 3.63) is 34.9 Å². The second-order valence-corrected chi connectivity index (χ2v) is 10.8. The highest BCUT2D eigenvalue weighted by atomic mass is 35.5. The highest BCUT2D eigenvalue weighted by Crippen LogP contribution is 2.60. The second-order valence-electron chi connectivity index (χ2n) is 10.4. The first-order valence-corrected chi connectivity index (χ1v) is 12.4. The van der Waals surface area contributed by atoms with Gasteiger partial charge in [-0.05, 0) is 62.1 Å². The minimum Gasteiger partial charge on any atom is -0.481 e. The number of halogens is 1. The maximum atomic E-state index is 11.3. The van der Waals surface area contributed by atoms with Crippen molar-refractivity contribution >= 4 is 17.6 Å². The van der Waals surface area contributed by atoms with Crippen LogP contribution in [0.3, 0.4) is 0 Å². The molecule has 4 aliphatic heterocycles. The Labute approximate surface area is 199 Å². The zero-order valence-corrected chi connectivity index (χ0v) is 20.1. The van der Waals surface area contributed by atoms with Crippen LogP contribution in [0.15, 0.2) is 24.3 Å². The number of carboxylic acids is 1. The Morgan fingerprint density at radius 3 is 2.67 bits per heavy atom. The summed E-state index contributed by atoms with van der Waals surface area (Å²) in [5.74, 6) is -0.765. The maximum absolute atomic E-state index is 11.3. The molecular formula is C25H33ClO7. The van der Waals surface area contributed by atoms with Crippen LogP contribution < -0.4 is 0 Å². The molecule has 1 saturated carbocycles. The lowest BCUT2D eigenvalue weighted by Gasteiger charge is -2.60. The molecule has 2 bridgehead atoms. The van der Waals surface area contributed by atoms with Crippen LogP contribution in [0, 0.1) is 23.7 Å². The predicted octanol–water partition coefficient (Wildman–Crippen LogP) is 5.47. The monoisotopic (exact) mass is 480 g/mol. The van der Waals surface area contributed by atoms with Crippen molar-refractivity contribution in [2.24, 2.45) is 23.7 Å². The van der Waals surface area contributed by atoms with Gasteiger partial charge in [-0.1, -0.05) is 37.6 Å². The molecule has 182 valence electrons. The van der Waals surface area contributed by atoms with Crippen molar-refractivity contribution in [2.45, 2.75) is 89.4 Å². The van der Waals surface area contributed by atoms with E-state index in [4.69, 9.17) is 35.6 Å². The van der Waals surface area contributed by atoms with Gasteiger partial charge in [0.15, 0.2) is 18.2 Å². The molecule has 1 aromatic rings. The number of hydrogen-bond acceptors (Lipinski definition) is 6. The van der Waals surface area contributed by atoms with Crippen molar-refractivity contribution < 1.29 is 33.9 Å². The van der Waals surface area contributed by atoms with Crippen LogP contribution in [-0.4, -0.2) is 35.0 Å². The highest BCUT2D eigenvalue weighted by molar-refractivity contribution is 6.30. The largest absolute Gasteiger partial charge is 0.481 e. The van der Waals surface area contributed by atoms with Gasteiger partial charge in [0.2, 0.25) is 5.79 Å². The molecule has 1 aliphatic carbocycles. The van der Waals surface area contributed by atoms with Crippen LogP contribution in [-0.2, 0) is 28.8 Å². The molecule has 1 unspecified atom stereocenters. The fourth-order valence-electron chi connectivity index (χ4n) is 6.43. The van der Waals surface area contributed by atoms with Crippen molar-refractivity contribution in [2.75, 3.05) is 0 Å². The van der Waals surface area contributed by atoms with E-state index >= 15 is 0 Å². The molecule has 1 aromatic carbocycles. The number of carboxylic acid groups (broad SMARTS) is 1. The topological polar surface area (TPSA) is 83.5 Å². The van der Waals surface area contributed by atoms with Gasteiger partial charge in [0.05, 0.1) is 6.10 Å². The predicted molar refractivity (Wildman–Crippen MR) is 119 cm³/mol. The third-order valence-electron chi connectivity index (χ3n) is 8.26. The number of benzene rings is 1. The summed E-state index contributed by atoms with van der Waals surface area (Å²) in [6.45, 7) is 6.32. The maximum Gasteiger partial charge on any atom is 0.303 e. The Morgan fingerprint density at radius 2 is 1.94 bits per heavy atom. The van der Waals surface area contributed by atoms with E-state index in [-0.39, 0.29) is 24.2 Å². The number of rotatable bonds is 6. The summed E-state index contributed by atoms with van der Waals surface area (Å²) in [6.07, 6.45) is 2.56. The minimum atomic E-state index is -0.860. The molecule has 1 N–H and O–H groups in total. The average Bonchev–Trinajstić information content (AvgIpc) is 3.01. The van der Waals surface area contributed by atoms with Gasteiger partial charge in [-0.25, -0.2) is 9.78 Å². The van der Waals surface area contributed by atoms with E-state index in [0.29, 0.717) is 17.4 Å². The average molecular weight is 481 g/mol. The smallest absolute Gasteiger partial charge is 0.303 e. The van der Waals surface area contributed by atoms with E-state index < -0.39 is 36.0 Å². The van der Waals surface area contributed by atoms with Crippen LogP contribution in [0.4, 0.5) is 0 Å². The highest BCUT2D eigenvalue weighted by Gasteiger charge is 2.69. The van der Waals surface area contributed by atoms with Crippen molar-refractivity contribution in [1.82, 2.24) is 0 Å². The minimum absolute atomic E-state index is 0.00367. The first-order chi connectivity index (χ1) is 15.7. The molecule has 1 spiro atoms. The molecule has 6 rings (SSSR count). The quantitative estimate of drug-likeness (QED) is 0.540. The molecule has 5 aliphatic rings. The summed E-state index contributed by atoms with van der Waals surface area (Å²) >= 11 is 6.07. The molecule has 9 atom stereocenters. The van der Waals surface area contributed by atoms with Crippen LogP contribution in [0.2, 0.25) is 5.02 Å². The molecular weight excluding hydrogens is 448 g/mol. The second kappa shape index (κ2) is 8.77. The lowest BCUT2D eigenvalue weighted by molar-refractivity contribution is -0.578. The first kappa shape index (κ1) is 23.5. The van der Waals surface area contributed by atoms with E-state index in [0.717, 1.165) is 31.2 Å². The number of ether oxygens (including phenoxy) is 3.